The van der Waals surface area contributed by atoms with Gasteiger partial charge in [-0.25, -0.2) is 0 Å². The zero-order valence-electron chi connectivity index (χ0n) is 8.40. The molecule has 0 rings (SSSR count). The van der Waals surface area contributed by atoms with E-state index in [1.807, 2.05) is 0 Å². The Hall–Kier alpha value is -0.660. The Morgan fingerprint density at radius 1 is 1.00 bits per heavy atom. The van der Waals surface area contributed by atoms with Crippen LogP contribution in [0.2, 0.25) is 0 Å². The molecule has 9 heteroatoms. The first kappa shape index (κ1) is 15.3. The molecule has 0 aromatic heterocycles. The van der Waals surface area contributed by atoms with E-state index in [-0.39, 0.29) is 19.6 Å². The first-order valence-electron chi connectivity index (χ1n) is 4.20. The van der Waals surface area contributed by atoms with Gasteiger partial charge >= 0.3 is 0 Å². The van der Waals surface area contributed by atoms with Crippen LogP contribution in [0.1, 0.15) is 0 Å². The molecule has 0 heterocycles. The molecule has 7 nitrogen and oxygen atoms in total. The second kappa shape index (κ2) is 6.17. The number of terminal acetylenes is 1. The summed E-state index contributed by atoms with van der Waals surface area (Å²) in [4.78, 5) is 1.32. The van der Waals surface area contributed by atoms with Gasteiger partial charge in [-0.1, -0.05) is 5.92 Å². The second-order valence-corrected chi connectivity index (χ2v) is 6.20. The van der Waals surface area contributed by atoms with Crippen molar-refractivity contribution in [2.75, 3.05) is 31.1 Å². The first-order valence-corrected chi connectivity index (χ1v) is 7.42. The fourth-order valence-electron chi connectivity index (χ4n) is 0.888. The third-order valence-corrected chi connectivity index (χ3v) is 3.04. The van der Waals surface area contributed by atoms with E-state index in [0.717, 1.165) is 0 Å². The van der Waals surface area contributed by atoms with Crippen molar-refractivity contribution in [3.05, 3.63) is 0 Å². The molecule has 0 atom stereocenters. The molecule has 0 radical (unpaired) electrons. The van der Waals surface area contributed by atoms with E-state index in [2.05, 4.69) is 5.92 Å². The van der Waals surface area contributed by atoms with Crippen molar-refractivity contribution in [1.29, 1.82) is 0 Å². The van der Waals surface area contributed by atoms with Gasteiger partial charge in [-0.05, 0) is 0 Å². The lowest BCUT2D eigenvalue weighted by Gasteiger charge is -2.17. The molecule has 0 fully saturated rings. The van der Waals surface area contributed by atoms with Crippen LogP contribution in [0.5, 0.6) is 0 Å². The quantitative estimate of drug-likeness (QED) is 0.437. The minimum Gasteiger partial charge on any atom is -0.290 e. The van der Waals surface area contributed by atoms with E-state index >= 15 is 0 Å². The molecule has 94 valence electrons. The molecule has 0 bridgehead atoms. The second-order valence-electron chi connectivity index (χ2n) is 3.05. The molecule has 0 saturated heterocycles. The zero-order valence-corrected chi connectivity index (χ0v) is 10.0. The Labute approximate surface area is 94.9 Å². The highest BCUT2D eigenvalue weighted by molar-refractivity contribution is 7.86. The normalized spacial score (nSPS) is 12.6. The molecule has 0 saturated carbocycles. The van der Waals surface area contributed by atoms with Crippen LogP contribution >= 0.6 is 0 Å². The van der Waals surface area contributed by atoms with E-state index in [0.29, 0.717) is 0 Å². The lowest BCUT2D eigenvalue weighted by atomic mass is 10.5. The van der Waals surface area contributed by atoms with Crippen molar-refractivity contribution in [1.82, 2.24) is 4.90 Å². The van der Waals surface area contributed by atoms with Gasteiger partial charge in [-0.2, -0.15) is 16.8 Å². The van der Waals surface area contributed by atoms with Crippen molar-refractivity contribution in [3.63, 3.8) is 0 Å². The molecular formula is C7H13NO6S2. The number of hydrogen-bond donors (Lipinski definition) is 2. The number of nitrogens with zero attached hydrogens (tertiary/aromatic N) is 1. The van der Waals surface area contributed by atoms with Crippen LogP contribution in [0.15, 0.2) is 0 Å². The predicted molar refractivity (Wildman–Crippen MR) is 58.1 cm³/mol. The summed E-state index contributed by atoms with van der Waals surface area (Å²) in [6, 6.07) is 0. The lowest BCUT2D eigenvalue weighted by molar-refractivity contribution is 0.335. The molecule has 0 aliphatic heterocycles. The molecule has 0 unspecified atom stereocenters. The van der Waals surface area contributed by atoms with E-state index in [1.165, 1.54) is 4.90 Å². The molecule has 16 heavy (non-hydrogen) atoms. The Morgan fingerprint density at radius 2 is 1.38 bits per heavy atom. The van der Waals surface area contributed by atoms with Crippen molar-refractivity contribution in [3.8, 4) is 12.3 Å². The third kappa shape index (κ3) is 9.88. The Morgan fingerprint density at radius 3 is 1.62 bits per heavy atom. The van der Waals surface area contributed by atoms with Crippen LogP contribution in [0, 0.1) is 12.3 Å². The van der Waals surface area contributed by atoms with Gasteiger partial charge < -0.3 is 0 Å². The van der Waals surface area contributed by atoms with E-state index in [4.69, 9.17) is 15.5 Å². The van der Waals surface area contributed by atoms with E-state index < -0.39 is 31.7 Å². The van der Waals surface area contributed by atoms with Gasteiger partial charge in [-0.3, -0.25) is 14.0 Å². The summed E-state index contributed by atoms with van der Waals surface area (Å²) in [7, 11) is -8.23. The van der Waals surface area contributed by atoms with Gasteiger partial charge in [0.15, 0.2) is 0 Å². The average molecular weight is 271 g/mol. The van der Waals surface area contributed by atoms with Crippen molar-refractivity contribution in [2.45, 2.75) is 0 Å². The lowest BCUT2D eigenvalue weighted by Crippen LogP contribution is -2.33. The van der Waals surface area contributed by atoms with Crippen LogP contribution in [-0.4, -0.2) is 62.0 Å². The molecule has 0 aromatic rings. The Bertz CT molecular complexity index is 410. The summed E-state index contributed by atoms with van der Waals surface area (Å²) < 4.78 is 58.8. The zero-order chi connectivity index (χ0) is 12.8. The maximum Gasteiger partial charge on any atom is 0.266 e. The largest absolute Gasteiger partial charge is 0.290 e. The fourth-order valence-corrected chi connectivity index (χ4v) is 1.87. The third-order valence-electron chi connectivity index (χ3n) is 1.65. The van der Waals surface area contributed by atoms with Gasteiger partial charge in [-0.15, -0.1) is 6.42 Å². The van der Waals surface area contributed by atoms with Crippen LogP contribution < -0.4 is 0 Å². The number of rotatable bonds is 7. The minimum absolute atomic E-state index is 0.0328. The van der Waals surface area contributed by atoms with Gasteiger partial charge in [0.25, 0.3) is 20.2 Å². The molecular weight excluding hydrogens is 258 g/mol. The smallest absolute Gasteiger partial charge is 0.266 e. The summed E-state index contributed by atoms with van der Waals surface area (Å²) in [6.07, 6.45) is 4.99. The maximum absolute atomic E-state index is 10.5. The first-order chi connectivity index (χ1) is 7.14. The van der Waals surface area contributed by atoms with Gasteiger partial charge in [0, 0.05) is 13.1 Å². The van der Waals surface area contributed by atoms with Crippen LogP contribution in [0.3, 0.4) is 0 Å². The van der Waals surface area contributed by atoms with Crippen molar-refractivity contribution >= 4 is 20.2 Å². The monoisotopic (exact) mass is 271 g/mol. The summed E-state index contributed by atoms with van der Waals surface area (Å²) >= 11 is 0. The van der Waals surface area contributed by atoms with Crippen molar-refractivity contribution in [2.24, 2.45) is 0 Å². The highest BCUT2D eigenvalue weighted by Gasteiger charge is 2.13. The van der Waals surface area contributed by atoms with Crippen LogP contribution in [-0.2, 0) is 20.2 Å². The molecule has 0 aromatic carbocycles. The van der Waals surface area contributed by atoms with E-state index in [9.17, 15) is 16.8 Å². The Kier molecular flexibility index (Phi) is 5.91. The summed E-state index contributed by atoms with van der Waals surface area (Å²) in [5.41, 5.74) is 0. The van der Waals surface area contributed by atoms with Gasteiger partial charge in [0.05, 0.1) is 18.1 Å². The topological polar surface area (TPSA) is 112 Å². The molecule has 0 aliphatic rings. The SMILES string of the molecule is C#CCN(CCS(=O)(=O)O)CCS(=O)(=O)O. The van der Waals surface area contributed by atoms with E-state index in [1.54, 1.807) is 0 Å². The molecule has 2 N–H and O–H groups in total. The minimum atomic E-state index is -4.11. The summed E-state index contributed by atoms with van der Waals surface area (Å²) in [6.45, 7) is -0.165. The summed E-state index contributed by atoms with van der Waals surface area (Å²) in [5.74, 6) is 1.13. The summed E-state index contributed by atoms with van der Waals surface area (Å²) in [5, 5.41) is 0. The maximum atomic E-state index is 10.5. The highest BCUT2D eigenvalue weighted by atomic mass is 32.2. The van der Waals surface area contributed by atoms with Gasteiger partial charge in [0.2, 0.25) is 0 Å². The van der Waals surface area contributed by atoms with Crippen LogP contribution in [0.25, 0.3) is 0 Å². The van der Waals surface area contributed by atoms with Gasteiger partial charge in [0.1, 0.15) is 0 Å². The van der Waals surface area contributed by atoms with Crippen LogP contribution in [0.4, 0.5) is 0 Å². The fraction of sp³-hybridized carbons (Fsp3) is 0.714. The average Bonchev–Trinajstić information content (AvgIpc) is 2.07. The molecule has 0 spiro atoms. The standard InChI is InChI=1S/C7H13NO6S2/c1-2-3-8(4-6-15(9,10)11)5-7-16(12,13)14/h1H,3-7H2,(H,9,10,11)(H,12,13,14). The Balaban J connectivity index is 4.25. The molecule has 0 amide bonds. The molecule has 0 aliphatic carbocycles. The highest BCUT2D eigenvalue weighted by Crippen LogP contribution is 1.93. The van der Waals surface area contributed by atoms with Crippen molar-refractivity contribution < 1.29 is 25.9 Å². The number of hydrogen-bond acceptors (Lipinski definition) is 5. The predicted octanol–water partition coefficient (Wildman–Crippen LogP) is -1.30.